The first-order chi connectivity index (χ1) is 8.13. The number of carbonyl (C=O) groups is 2. The molecule has 0 spiro atoms. The molecule has 0 saturated heterocycles. The van der Waals surface area contributed by atoms with Crippen LogP contribution in [0.4, 0.5) is 4.79 Å². The number of hydrogen-bond donors (Lipinski definition) is 3. The summed E-state index contributed by atoms with van der Waals surface area (Å²) in [6.07, 6.45) is 3.10. The molecule has 92 valence electrons. The molecule has 1 heterocycles. The zero-order valence-corrected chi connectivity index (χ0v) is 9.18. The summed E-state index contributed by atoms with van der Waals surface area (Å²) in [4.78, 5) is 22.1. The highest BCUT2D eigenvalue weighted by atomic mass is 16.4. The fourth-order valence-electron chi connectivity index (χ4n) is 1.18. The lowest BCUT2D eigenvalue weighted by molar-refractivity contribution is -0.139. The molecule has 1 unspecified atom stereocenters. The highest BCUT2D eigenvalue weighted by Crippen LogP contribution is 1.98. The molecular formula is C11H14N2O4. The third-order valence-corrected chi connectivity index (χ3v) is 2.01. The Morgan fingerprint density at radius 2 is 2.35 bits per heavy atom. The van der Waals surface area contributed by atoms with Crippen molar-refractivity contribution in [2.75, 3.05) is 0 Å². The number of furan rings is 1. The van der Waals surface area contributed by atoms with E-state index in [-0.39, 0.29) is 13.0 Å². The van der Waals surface area contributed by atoms with Crippen LogP contribution in [0.3, 0.4) is 0 Å². The maximum Gasteiger partial charge on any atom is 0.326 e. The van der Waals surface area contributed by atoms with Gasteiger partial charge in [0, 0.05) is 0 Å². The molecule has 1 aromatic rings. The zero-order chi connectivity index (χ0) is 12.7. The number of rotatable bonds is 6. The Morgan fingerprint density at radius 1 is 1.59 bits per heavy atom. The van der Waals surface area contributed by atoms with Gasteiger partial charge < -0.3 is 20.2 Å². The van der Waals surface area contributed by atoms with Crippen LogP contribution in [-0.4, -0.2) is 23.1 Å². The van der Waals surface area contributed by atoms with Gasteiger partial charge in [-0.05, 0) is 18.6 Å². The van der Waals surface area contributed by atoms with E-state index in [4.69, 9.17) is 9.52 Å². The summed E-state index contributed by atoms with van der Waals surface area (Å²) in [5, 5.41) is 13.6. The third kappa shape index (κ3) is 4.42. The Balaban J connectivity index is 2.37. The molecule has 0 fully saturated rings. The van der Waals surface area contributed by atoms with Crippen molar-refractivity contribution in [3.05, 3.63) is 36.8 Å². The Labute approximate surface area is 98.3 Å². The summed E-state index contributed by atoms with van der Waals surface area (Å²) >= 11 is 0. The first-order valence-electron chi connectivity index (χ1n) is 5.04. The predicted molar refractivity (Wildman–Crippen MR) is 60.3 cm³/mol. The van der Waals surface area contributed by atoms with E-state index in [2.05, 4.69) is 17.2 Å². The first kappa shape index (κ1) is 12.8. The van der Waals surface area contributed by atoms with Crippen LogP contribution < -0.4 is 10.6 Å². The van der Waals surface area contributed by atoms with Gasteiger partial charge in [-0.25, -0.2) is 9.59 Å². The average molecular weight is 238 g/mol. The number of nitrogens with one attached hydrogen (secondary N) is 2. The van der Waals surface area contributed by atoms with Crippen LogP contribution in [-0.2, 0) is 11.3 Å². The lowest BCUT2D eigenvalue weighted by Gasteiger charge is -2.12. The molecule has 0 aliphatic heterocycles. The van der Waals surface area contributed by atoms with Crippen molar-refractivity contribution < 1.29 is 19.1 Å². The second kappa shape index (κ2) is 6.37. The van der Waals surface area contributed by atoms with E-state index in [1.54, 1.807) is 12.1 Å². The molecular weight excluding hydrogens is 224 g/mol. The van der Waals surface area contributed by atoms with E-state index in [0.717, 1.165) is 0 Å². The Kier molecular flexibility index (Phi) is 4.80. The summed E-state index contributed by atoms with van der Waals surface area (Å²) in [5.41, 5.74) is 0. The highest BCUT2D eigenvalue weighted by Gasteiger charge is 2.17. The fraction of sp³-hybridized carbons (Fsp3) is 0.273. The summed E-state index contributed by atoms with van der Waals surface area (Å²) in [5.74, 6) is -0.506. The molecule has 2 amide bonds. The Hall–Kier alpha value is -2.24. The lowest BCUT2D eigenvalue weighted by atomic mass is 10.2. The SMILES string of the molecule is C=CCC(NC(=O)NCc1ccco1)C(=O)O. The van der Waals surface area contributed by atoms with Gasteiger partial charge in [0.15, 0.2) is 0 Å². The minimum atomic E-state index is -1.10. The van der Waals surface area contributed by atoms with Crippen molar-refractivity contribution in [1.82, 2.24) is 10.6 Å². The average Bonchev–Trinajstić information content (AvgIpc) is 2.78. The van der Waals surface area contributed by atoms with Crippen molar-refractivity contribution >= 4 is 12.0 Å². The summed E-state index contributed by atoms with van der Waals surface area (Å²) in [6, 6.07) is 1.88. The van der Waals surface area contributed by atoms with Gasteiger partial charge in [0.1, 0.15) is 11.8 Å². The van der Waals surface area contributed by atoms with Gasteiger partial charge in [-0.15, -0.1) is 6.58 Å². The van der Waals surface area contributed by atoms with Gasteiger partial charge in [0.2, 0.25) is 0 Å². The van der Waals surface area contributed by atoms with Gasteiger partial charge in [0.05, 0.1) is 12.8 Å². The fourth-order valence-corrected chi connectivity index (χ4v) is 1.18. The van der Waals surface area contributed by atoms with E-state index in [1.807, 2.05) is 0 Å². The normalized spacial score (nSPS) is 11.5. The van der Waals surface area contributed by atoms with Crippen LogP contribution in [0, 0.1) is 0 Å². The smallest absolute Gasteiger partial charge is 0.326 e. The van der Waals surface area contributed by atoms with E-state index >= 15 is 0 Å². The molecule has 0 bridgehead atoms. The van der Waals surface area contributed by atoms with Crippen molar-refractivity contribution in [3.63, 3.8) is 0 Å². The summed E-state index contributed by atoms with van der Waals surface area (Å²) < 4.78 is 5.01. The minimum Gasteiger partial charge on any atom is -0.480 e. The van der Waals surface area contributed by atoms with Crippen LogP contribution >= 0.6 is 0 Å². The molecule has 0 aliphatic rings. The van der Waals surface area contributed by atoms with E-state index in [9.17, 15) is 9.59 Å². The number of carbonyl (C=O) groups excluding carboxylic acids is 1. The van der Waals surface area contributed by atoms with Crippen LogP contribution in [0.15, 0.2) is 35.5 Å². The molecule has 0 radical (unpaired) electrons. The number of urea groups is 1. The second-order valence-electron chi connectivity index (χ2n) is 3.32. The predicted octanol–water partition coefficient (Wildman–Crippen LogP) is 1.11. The number of hydrogen-bond acceptors (Lipinski definition) is 3. The number of amides is 2. The van der Waals surface area contributed by atoms with E-state index in [0.29, 0.717) is 5.76 Å². The molecule has 3 N–H and O–H groups in total. The minimum absolute atomic E-state index is 0.170. The zero-order valence-electron chi connectivity index (χ0n) is 9.18. The number of aliphatic carboxylic acids is 1. The molecule has 0 saturated carbocycles. The van der Waals surface area contributed by atoms with Crippen molar-refractivity contribution in [1.29, 1.82) is 0 Å². The van der Waals surface area contributed by atoms with Crippen molar-refractivity contribution in [2.24, 2.45) is 0 Å². The van der Waals surface area contributed by atoms with Gasteiger partial charge in [-0.3, -0.25) is 0 Å². The highest BCUT2D eigenvalue weighted by molar-refractivity contribution is 5.82. The Morgan fingerprint density at radius 3 is 2.88 bits per heavy atom. The van der Waals surface area contributed by atoms with E-state index in [1.165, 1.54) is 12.3 Å². The monoisotopic (exact) mass is 238 g/mol. The summed E-state index contributed by atoms with van der Waals surface area (Å²) in [6.45, 7) is 3.63. The third-order valence-electron chi connectivity index (χ3n) is 2.01. The molecule has 17 heavy (non-hydrogen) atoms. The van der Waals surface area contributed by atoms with Gasteiger partial charge in [-0.1, -0.05) is 6.08 Å². The molecule has 1 rings (SSSR count). The maximum atomic E-state index is 11.4. The first-order valence-corrected chi connectivity index (χ1v) is 5.04. The van der Waals surface area contributed by atoms with Crippen molar-refractivity contribution in [3.8, 4) is 0 Å². The summed E-state index contributed by atoms with van der Waals surface area (Å²) in [7, 11) is 0. The maximum absolute atomic E-state index is 11.4. The molecule has 0 aromatic carbocycles. The molecule has 1 aromatic heterocycles. The number of carboxylic acids is 1. The molecule has 0 aliphatic carbocycles. The Bertz CT molecular complexity index is 386. The van der Waals surface area contributed by atoms with E-state index < -0.39 is 18.0 Å². The van der Waals surface area contributed by atoms with Gasteiger partial charge in [0.25, 0.3) is 0 Å². The number of carboxylic acid groups (broad SMARTS) is 1. The largest absolute Gasteiger partial charge is 0.480 e. The lowest BCUT2D eigenvalue weighted by Crippen LogP contribution is -2.45. The van der Waals surface area contributed by atoms with Crippen LogP contribution in [0.5, 0.6) is 0 Å². The van der Waals surface area contributed by atoms with Crippen LogP contribution in [0.2, 0.25) is 0 Å². The van der Waals surface area contributed by atoms with Gasteiger partial charge in [-0.2, -0.15) is 0 Å². The van der Waals surface area contributed by atoms with Crippen LogP contribution in [0.25, 0.3) is 0 Å². The molecule has 1 atom stereocenters. The topological polar surface area (TPSA) is 91.6 Å². The molecule has 6 heteroatoms. The van der Waals surface area contributed by atoms with Crippen molar-refractivity contribution in [2.45, 2.75) is 19.0 Å². The standard InChI is InChI=1S/C11H14N2O4/c1-2-4-9(10(14)15)13-11(16)12-7-8-5-3-6-17-8/h2-3,5-6,9H,1,4,7H2,(H,14,15)(H2,12,13,16). The second-order valence-corrected chi connectivity index (χ2v) is 3.32. The van der Waals surface area contributed by atoms with Crippen LogP contribution in [0.1, 0.15) is 12.2 Å². The molecule has 6 nitrogen and oxygen atoms in total. The van der Waals surface area contributed by atoms with Gasteiger partial charge >= 0.3 is 12.0 Å². The quantitative estimate of drug-likeness (QED) is 0.647.